The van der Waals surface area contributed by atoms with Gasteiger partial charge in [0.05, 0.1) is 11.6 Å². The number of likely N-dealkylation sites (N-methyl/N-ethyl adjacent to an activating group) is 1. The summed E-state index contributed by atoms with van der Waals surface area (Å²) in [6.45, 7) is 1.65. The number of carboxylic acid groups (broad SMARTS) is 1. The summed E-state index contributed by atoms with van der Waals surface area (Å²) in [5, 5.41) is 12.0. The van der Waals surface area contributed by atoms with E-state index in [1.807, 2.05) is 0 Å². The van der Waals surface area contributed by atoms with E-state index in [-0.39, 0.29) is 25.1 Å². The minimum Gasteiger partial charge on any atom is -0.465 e. The summed E-state index contributed by atoms with van der Waals surface area (Å²) in [5.41, 5.74) is -0.259. The molecule has 0 aromatic heterocycles. The van der Waals surface area contributed by atoms with Crippen LogP contribution < -0.4 is 10.2 Å². The zero-order valence-electron chi connectivity index (χ0n) is 17.8. The van der Waals surface area contributed by atoms with Crippen LogP contribution in [0.5, 0.6) is 0 Å². The van der Waals surface area contributed by atoms with Crippen molar-refractivity contribution in [3.05, 3.63) is 64.7 Å². The first-order valence-corrected chi connectivity index (χ1v) is 10.0. The van der Waals surface area contributed by atoms with E-state index in [1.54, 1.807) is 11.8 Å². The summed E-state index contributed by atoms with van der Waals surface area (Å²) < 4.78 is 67.4. The van der Waals surface area contributed by atoms with Crippen LogP contribution in [0.3, 0.4) is 0 Å². The molecule has 1 heterocycles. The van der Waals surface area contributed by atoms with Gasteiger partial charge in [-0.25, -0.2) is 13.6 Å². The van der Waals surface area contributed by atoms with E-state index in [0.717, 1.165) is 17.0 Å². The zero-order chi connectivity index (χ0) is 24.5. The molecule has 2 aromatic rings. The van der Waals surface area contributed by atoms with E-state index in [1.165, 1.54) is 25.2 Å². The normalized spacial score (nSPS) is 18.9. The first-order valence-electron chi connectivity index (χ1n) is 10.0. The van der Waals surface area contributed by atoms with Gasteiger partial charge in [0.25, 0.3) is 0 Å². The summed E-state index contributed by atoms with van der Waals surface area (Å²) in [7, 11) is 1.31. The van der Waals surface area contributed by atoms with Crippen molar-refractivity contribution in [1.82, 2.24) is 10.2 Å². The Morgan fingerprint density at radius 2 is 1.79 bits per heavy atom. The van der Waals surface area contributed by atoms with Crippen LogP contribution in [-0.4, -0.2) is 54.2 Å². The topological polar surface area (TPSA) is 72.9 Å². The van der Waals surface area contributed by atoms with Crippen LogP contribution in [0.4, 0.5) is 32.4 Å². The van der Waals surface area contributed by atoms with Crippen LogP contribution in [-0.2, 0) is 17.4 Å². The second-order valence-corrected chi connectivity index (χ2v) is 7.78. The third-order valence-electron chi connectivity index (χ3n) is 5.64. The Morgan fingerprint density at radius 1 is 1.09 bits per heavy atom. The van der Waals surface area contributed by atoms with Crippen LogP contribution in [0.15, 0.2) is 36.4 Å². The predicted octanol–water partition coefficient (Wildman–Crippen LogP) is 3.82. The molecule has 2 aromatic carbocycles. The lowest BCUT2D eigenvalue weighted by molar-refractivity contribution is -0.137. The van der Waals surface area contributed by atoms with Crippen LogP contribution in [0.1, 0.15) is 16.7 Å². The average molecular weight is 471 g/mol. The van der Waals surface area contributed by atoms with Gasteiger partial charge in [-0.15, -0.1) is 0 Å². The molecule has 33 heavy (non-hydrogen) atoms. The number of hydrogen-bond acceptors (Lipinski definition) is 3. The molecular formula is C22H22F5N3O3. The van der Waals surface area contributed by atoms with Gasteiger partial charge < -0.3 is 15.3 Å². The maximum absolute atomic E-state index is 14.0. The van der Waals surface area contributed by atoms with Gasteiger partial charge in [0.15, 0.2) is 0 Å². The van der Waals surface area contributed by atoms with E-state index in [9.17, 15) is 36.6 Å². The molecule has 1 aliphatic rings. The fourth-order valence-electron chi connectivity index (χ4n) is 4.21. The van der Waals surface area contributed by atoms with Crippen LogP contribution >= 0.6 is 0 Å². The van der Waals surface area contributed by atoms with Crippen LogP contribution in [0.25, 0.3) is 0 Å². The highest BCUT2D eigenvalue weighted by atomic mass is 19.4. The quantitative estimate of drug-likeness (QED) is 0.666. The number of hydrogen-bond donors (Lipinski definition) is 2. The molecule has 1 saturated heterocycles. The van der Waals surface area contributed by atoms with Crippen molar-refractivity contribution >= 4 is 17.7 Å². The third kappa shape index (κ3) is 5.18. The number of amides is 2. The Labute approximate surface area is 186 Å². The van der Waals surface area contributed by atoms with Crippen LogP contribution in [0, 0.1) is 18.6 Å². The molecule has 1 fully saturated rings. The molecule has 0 radical (unpaired) electrons. The van der Waals surface area contributed by atoms with Crippen molar-refractivity contribution in [1.29, 1.82) is 0 Å². The Hall–Kier alpha value is -3.37. The van der Waals surface area contributed by atoms with Crippen molar-refractivity contribution in [2.75, 3.05) is 25.0 Å². The van der Waals surface area contributed by atoms with E-state index in [0.29, 0.717) is 17.3 Å². The van der Waals surface area contributed by atoms with E-state index in [4.69, 9.17) is 0 Å². The van der Waals surface area contributed by atoms with Crippen molar-refractivity contribution in [3.8, 4) is 0 Å². The monoisotopic (exact) mass is 471 g/mol. The molecule has 0 spiro atoms. The van der Waals surface area contributed by atoms with Gasteiger partial charge in [0.2, 0.25) is 5.91 Å². The van der Waals surface area contributed by atoms with Gasteiger partial charge in [-0.3, -0.25) is 9.69 Å². The highest BCUT2D eigenvalue weighted by Crippen LogP contribution is 2.33. The second kappa shape index (κ2) is 9.24. The van der Waals surface area contributed by atoms with Crippen LogP contribution in [0.2, 0.25) is 0 Å². The molecule has 2 N–H and O–H groups in total. The number of aryl methyl sites for hydroxylation is 1. The van der Waals surface area contributed by atoms with Crippen molar-refractivity contribution < 1.29 is 36.6 Å². The zero-order valence-corrected chi connectivity index (χ0v) is 17.8. The minimum atomic E-state index is -4.79. The first kappa shape index (κ1) is 24.3. The minimum absolute atomic E-state index is 0.0572. The van der Waals surface area contributed by atoms with E-state index < -0.39 is 47.5 Å². The Balaban J connectivity index is 2.12. The summed E-state index contributed by atoms with van der Waals surface area (Å²) in [4.78, 5) is 27.1. The van der Waals surface area contributed by atoms with Gasteiger partial charge >= 0.3 is 12.3 Å². The summed E-state index contributed by atoms with van der Waals surface area (Å²) in [5.74, 6) is -2.27. The summed E-state index contributed by atoms with van der Waals surface area (Å²) in [6.07, 6.45) is -6.43. The molecule has 11 heteroatoms. The number of nitrogens with zero attached hydrogens (tertiary/aromatic N) is 2. The third-order valence-corrected chi connectivity index (χ3v) is 5.64. The smallest absolute Gasteiger partial charge is 0.416 e. The standard InChI is InChI=1S/C22H22F5N3O3/c1-12-7-15(23)3-4-17(12)29-5-6-30(21(32)33)19(20(31)28-2)18(29)10-13-8-14(22(25,26)27)11-16(24)9-13/h3-4,7-9,11,18-19H,5-6,10H2,1-2H3,(H,28,31)(H,32,33). The molecule has 6 nitrogen and oxygen atoms in total. The predicted molar refractivity (Wildman–Crippen MR) is 110 cm³/mol. The van der Waals surface area contributed by atoms with Crippen molar-refractivity contribution in [3.63, 3.8) is 0 Å². The van der Waals surface area contributed by atoms with E-state index >= 15 is 0 Å². The number of carbonyl (C=O) groups excluding carboxylic acids is 1. The lowest BCUT2D eigenvalue weighted by Crippen LogP contribution is -2.66. The highest BCUT2D eigenvalue weighted by Gasteiger charge is 2.44. The largest absolute Gasteiger partial charge is 0.465 e. The molecule has 2 unspecified atom stereocenters. The SMILES string of the molecule is CNC(=O)C1C(Cc2cc(F)cc(C(F)(F)F)c2)N(c2ccc(F)cc2C)CCN1C(=O)O. The number of alkyl halides is 3. The fourth-order valence-corrected chi connectivity index (χ4v) is 4.21. The number of nitrogens with one attached hydrogen (secondary N) is 1. The number of anilines is 1. The Kier molecular flexibility index (Phi) is 6.80. The van der Waals surface area contributed by atoms with Gasteiger partial charge in [0, 0.05) is 25.8 Å². The van der Waals surface area contributed by atoms with Gasteiger partial charge in [-0.2, -0.15) is 13.2 Å². The molecule has 2 amide bonds. The molecule has 1 aliphatic heterocycles. The molecular weight excluding hydrogens is 449 g/mol. The molecule has 2 atom stereocenters. The summed E-state index contributed by atoms with van der Waals surface area (Å²) >= 11 is 0. The second-order valence-electron chi connectivity index (χ2n) is 7.78. The highest BCUT2D eigenvalue weighted by molar-refractivity contribution is 5.87. The first-order chi connectivity index (χ1) is 15.4. The Morgan fingerprint density at radius 3 is 2.36 bits per heavy atom. The molecule has 3 rings (SSSR count). The fraction of sp³-hybridized carbons (Fsp3) is 0.364. The maximum atomic E-state index is 14.0. The van der Waals surface area contributed by atoms with Gasteiger partial charge in [-0.1, -0.05) is 0 Å². The number of benzene rings is 2. The van der Waals surface area contributed by atoms with Crippen molar-refractivity contribution in [2.24, 2.45) is 0 Å². The van der Waals surface area contributed by atoms with E-state index in [2.05, 4.69) is 5.32 Å². The number of carbonyl (C=O) groups is 2. The van der Waals surface area contributed by atoms with Crippen molar-refractivity contribution in [2.45, 2.75) is 31.6 Å². The lowest BCUT2D eigenvalue weighted by atomic mass is 9.91. The molecule has 0 aliphatic carbocycles. The molecule has 178 valence electrons. The van der Waals surface area contributed by atoms with Gasteiger partial charge in [-0.05, 0) is 60.9 Å². The molecule has 0 saturated carbocycles. The number of halogens is 5. The number of rotatable bonds is 4. The van der Waals surface area contributed by atoms with Gasteiger partial charge in [0.1, 0.15) is 17.7 Å². The maximum Gasteiger partial charge on any atom is 0.416 e. The Bertz CT molecular complexity index is 1060. The lowest BCUT2D eigenvalue weighted by Gasteiger charge is -2.47. The number of piperazine rings is 1. The average Bonchev–Trinajstić information content (AvgIpc) is 2.72. The molecule has 0 bridgehead atoms. The summed E-state index contributed by atoms with van der Waals surface area (Å²) in [6, 6.07) is 3.69.